The molecular formula is C24H19F3N2O. The van der Waals surface area contributed by atoms with E-state index in [2.05, 4.69) is 10.3 Å². The van der Waals surface area contributed by atoms with Crippen LogP contribution in [0.4, 0.5) is 18.9 Å². The quantitative estimate of drug-likeness (QED) is 0.367. The van der Waals surface area contributed by atoms with Crippen molar-refractivity contribution in [1.82, 2.24) is 4.98 Å². The summed E-state index contributed by atoms with van der Waals surface area (Å²) in [7, 11) is 0. The van der Waals surface area contributed by atoms with Gasteiger partial charge in [0.05, 0.1) is 17.5 Å². The fraction of sp³-hybridized carbons (Fsp3) is 0.125. The molecular weight excluding hydrogens is 389 g/mol. The number of alkyl halides is 3. The van der Waals surface area contributed by atoms with Crippen LogP contribution in [-0.4, -0.2) is 11.3 Å². The van der Waals surface area contributed by atoms with E-state index in [-0.39, 0.29) is 0 Å². The Bertz CT molecular complexity index is 1150. The molecule has 0 aliphatic heterocycles. The van der Waals surface area contributed by atoms with E-state index in [0.717, 1.165) is 40.4 Å². The van der Waals surface area contributed by atoms with E-state index in [1.54, 1.807) is 12.3 Å². The van der Waals surface area contributed by atoms with Crippen LogP contribution in [-0.2, 0) is 11.0 Å². The molecule has 2 atom stereocenters. The lowest BCUT2D eigenvalue weighted by Gasteiger charge is -2.26. The average molecular weight is 408 g/mol. The first-order valence-electron chi connectivity index (χ1n) is 9.47. The number of aromatic amines is 1. The number of H-pyrrole nitrogens is 1. The lowest BCUT2D eigenvalue weighted by molar-refractivity contribution is -0.137. The zero-order chi connectivity index (χ0) is 21.1. The van der Waals surface area contributed by atoms with Crippen molar-refractivity contribution in [1.29, 1.82) is 0 Å². The minimum absolute atomic E-state index is 0.297. The summed E-state index contributed by atoms with van der Waals surface area (Å²) in [5.74, 6) is -0.613. The molecule has 0 saturated heterocycles. The summed E-state index contributed by atoms with van der Waals surface area (Å²) >= 11 is 0. The number of nitrogens with one attached hydrogen (secondary N) is 2. The van der Waals surface area contributed by atoms with E-state index in [0.29, 0.717) is 5.69 Å². The average Bonchev–Trinajstić information content (AvgIpc) is 3.18. The van der Waals surface area contributed by atoms with Crippen LogP contribution in [0.2, 0.25) is 0 Å². The van der Waals surface area contributed by atoms with Crippen molar-refractivity contribution in [3.63, 3.8) is 0 Å². The lowest BCUT2D eigenvalue weighted by Crippen LogP contribution is -2.21. The molecule has 6 heteroatoms. The number of rotatable bonds is 6. The SMILES string of the molecule is O=CC(c1c[nH]c2ccccc12)C(Nc1cccc(C(F)(F)F)c1)c1ccccc1. The normalized spacial score (nSPS) is 13.7. The van der Waals surface area contributed by atoms with Gasteiger partial charge in [0, 0.05) is 22.8 Å². The fourth-order valence-electron chi connectivity index (χ4n) is 3.71. The maximum absolute atomic E-state index is 13.2. The van der Waals surface area contributed by atoms with Crippen LogP contribution in [0.3, 0.4) is 0 Å². The maximum Gasteiger partial charge on any atom is 0.416 e. The summed E-state index contributed by atoms with van der Waals surface area (Å²) in [4.78, 5) is 15.4. The Kier molecular flexibility index (Phi) is 5.31. The second-order valence-electron chi connectivity index (χ2n) is 7.06. The van der Waals surface area contributed by atoms with Gasteiger partial charge in [0.15, 0.2) is 0 Å². The molecule has 3 aromatic carbocycles. The zero-order valence-corrected chi connectivity index (χ0v) is 15.9. The van der Waals surface area contributed by atoms with Gasteiger partial charge in [-0.15, -0.1) is 0 Å². The number of benzene rings is 3. The monoisotopic (exact) mass is 408 g/mol. The van der Waals surface area contributed by atoms with Gasteiger partial charge >= 0.3 is 6.18 Å². The number of aldehydes is 1. The molecule has 0 saturated carbocycles. The van der Waals surface area contributed by atoms with Crippen LogP contribution in [0.25, 0.3) is 10.9 Å². The van der Waals surface area contributed by atoms with Gasteiger partial charge in [-0.3, -0.25) is 0 Å². The van der Waals surface area contributed by atoms with E-state index >= 15 is 0 Å². The topological polar surface area (TPSA) is 44.9 Å². The van der Waals surface area contributed by atoms with E-state index in [1.807, 2.05) is 54.6 Å². The summed E-state index contributed by atoms with van der Waals surface area (Å²) in [5.41, 5.74) is 2.04. The van der Waals surface area contributed by atoms with E-state index < -0.39 is 23.7 Å². The Morgan fingerprint density at radius 1 is 0.900 bits per heavy atom. The van der Waals surface area contributed by atoms with Crippen LogP contribution >= 0.6 is 0 Å². The van der Waals surface area contributed by atoms with Gasteiger partial charge in [-0.25, -0.2) is 0 Å². The molecule has 0 amide bonds. The highest BCUT2D eigenvalue weighted by atomic mass is 19.4. The highest BCUT2D eigenvalue weighted by Gasteiger charge is 2.31. The van der Waals surface area contributed by atoms with Crippen LogP contribution < -0.4 is 5.32 Å². The Morgan fingerprint density at radius 3 is 2.37 bits per heavy atom. The van der Waals surface area contributed by atoms with E-state index in [1.165, 1.54) is 6.07 Å². The Hall–Kier alpha value is -3.54. The third kappa shape index (κ3) is 3.94. The third-order valence-corrected chi connectivity index (χ3v) is 5.16. The van der Waals surface area contributed by atoms with Gasteiger partial charge in [0.2, 0.25) is 0 Å². The third-order valence-electron chi connectivity index (χ3n) is 5.16. The molecule has 1 aromatic heterocycles. The number of fused-ring (bicyclic) bond motifs is 1. The van der Waals surface area contributed by atoms with E-state index in [4.69, 9.17) is 0 Å². The minimum Gasteiger partial charge on any atom is -0.377 e. The smallest absolute Gasteiger partial charge is 0.377 e. The van der Waals surface area contributed by atoms with Gasteiger partial charge in [-0.05, 0) is 35.4 Å². The molecule has 2 N–H and O–H groups in total. The minimum atomic E-state index is -4.44. The molecule has 2 unspecified atom stereocenters. The van der Waals surface area contributed by atoms with Crippen LogP contribution in [0, 0.1) is 0 Å². The maximum atomic E-state index is 13.2. The summed E-state index contributed by atoms with van der Waals surface area (Å²) in [6, 6.07) is 21.3. The highest BCUT2D eigenvalue weighted by Crippen LogP contribution is 2.37. The van der Waals surface area contributed by atoms with Gasteiger partial charge in [0.25, 0.3) is 0 Å². The molecule has 0 aliphatic carbocycles. The predicted octanol–water partition coefficient (Wildman–Crippen LogP) is 6.32. The molecule has 4 aromatic rings. The molecule has 0 spiro atoms. The molecule has 3 nitrogen and oxygen atoms in total. The lowest BCUT2D eigenvalue weighted by atomic mass is 9.87. The van der Waals surface area contributed by atoms with Crippen LogP contribution in [0.1, 0.15) is 28.7 Å². The predicted molar refractivity (Wildman–Crippen MR) is 111 cm³/mol. The first-order valence-corrected chi connectivity index (χ1v) is 9.47. The van der Waals surface area contributed by atoms with Crippen molar-refractivity contribution in [2.45, 2.75) is 18.1 Å². The molecule has 4 rings (SSSR count). The van der Waals surface area contributed by atoms with Crippen molar-refractivity contribution in [2.75, 3.05) is 5.32 Å². The number of aromatic nitrogens is 1. The Morgan fingerprint density at radius 2 is 1.63 bits per heavy atom. The van der Waals surface area contributed by atoms with Crippen LogP contribution in [0.15, 0.2) is 85.1 Å². The molecule has 0 bridgehead atoms. The number of halogens is 3. The fourth-order valence-corrected chi connectivity index (χ4v) is 3.71. The number of hydrogen-bond donors (Lipinski definition) is 2. The molecule has 0 aliphatic rings. The van der Waals surface area contributed by atoms with Crippen molar-refractivity contribution in [3.05, 3.63) is 102 Å². The Labute approximate surface area is 171 Å². The largest absolute Gasteiger partial charge is 0.416 e. The zero-order valence-electron chi connectivity index (χ0n) is 15.9. The van der Waals surface area contributed by atoms with Gasteiger partial charge in [-0.1, -0.05) is 54.6 Å². The van der Waals surface area contributed by atoms with Crippen molar-refractivity contribution in [3.8, 4) is 0 Å². The molecule has 152 valence electrons. The number of carbonyl (C=O) groups excluding carboxylic acids is 1. The van der Waals surface area contributed by atoms with Crippen molar-refractivity contribution in [2.24, 2.45) is 0 Å². The van der Waals surface area contributed by atoms with Gasteiger partial charge in [0.1, 0.15) is 6.29 Å². The summed E-state index contributed by atoms with van der Waals surface area (Å²) in [6.07, 6.45) is -1.82. The summed E-state index contributed by atoms with van der Waals surface area (Å²) in [6.45, 7) is 0. The second kappa shape index (κ2) is 8.06. The molecule has 30 heavy (non-hydrogen) atoms. The van der Waals surface area contributed by atoms with Gasteiger partial charge in [-0.2, -0.15) is 13.2 Å². The second-order valence-corrected chi connectivity index (χ2v) is 7.06. The van der Waals surface area contributed by atoms with E-state index in [9.17, 15) is 18.0 Å². The van der Waals surface area contributed by atoms with Crippen LogP contribution in [0.5, 0.6) is 0 Å². The number of carbonyl (C=O) groups is 1. The highest BCUT2D eigenvalue weighted by molar-refractivity contribution is 5.87. The number of hydrogen-bond acceptors (Lipinski definition) is 2. The van der Waals surface area contributed by atoms with Gasteiger partial charge < -0.3 is 15.1 Å². The number of para-hydroxylation sites is 1. The first-order chi connectivity index (χ1) is 14.5. The summed E-state index contributed by atoms with van der Waals surface area (Å²) in [5, 5.41) is 4.07. The standard InChI is InChI=1S/C24H19F3N2O/c25-24(26,27)17-9-6-10-18(13-17)29-23(16-7-2-1-3-8-16)21(15-30)20-14-28-22-12-5-4-11-19(20)22/h1-15,21,23,28-29H. The molecule has 0 radical (unpaired) electrons. The van der Waals surface area contributed by atoms with Crippen molar-refractivity contribution >= 4 is 22.9 Å². The molecule has 1 heterocycles. The molecule has 0 fully saturated rings. The Balaban J connectivity index is 1.78. The summed E-state index contributed by atoms with van der Waals surface area (Å²) < 4.78 is 39.5. The number of anilines is 1. The first kappa shape index (κ1) is 19.8. The van der Waals surface area contributed by atoms with Crippen molar-refractivity contribution < 1.29 is 18.0 Å².